The number of nitrogens with zero attached hydrogens (tertiary/aromatic N) is 5. The summed E-state index contributed by atoms with van der Waals surface area (Å²) in [5, 5.41) is 17.0. The molecule has 1 N–H and O–H groups in total. The zero-order valence-corrected chi connectivity index (χ0v) is 15.3. The van der Waals surface area contributed by atoms with E-state index in [1.807, 2.05) is 30.1 Å². The number of nitrogens with one attached hydrogen (secondary N) is 1. The molecule has 0 amide bonds. The van der Waals surface area contributed by atoms with Crippen LogP contribution in [0.15, 0.2) is 47.1 Å². The van der Waals surface area contributed by atoms with Crippen molar-refractivity contribution >= 4 is 33.9 Å². The molecule has 0 spiro atoms. The Labute approximate surface area is 155 Å². The van der Waals surface area contributed by atoms with Gasteiger partial charge in [0.25, 0.3) is 0 Å². The fourth-order valence-electron chi connectivity index (χ4n) is 3.05. The highest BCUT2D eigenvalue weighted by atomic mass is 32.1. The van der Waals surface area contributed by atoms with Crippen molar-refractivity contribution in [2.24, 2.45) is 0 Å². The second kappa shape index (κ2) is 6.72. The lowest BCUT2D eigenvalue weighted by molar-refractivity contribution is 0.354. The molecule has 1 aromatic carbocycles. The van der Waals surface area contributed by atoms with E-state index in [1.54, 1.807) is 10.8 Å². The summed E-state index contributed by atoms with van der Waals surface area (Å²) in [4.78, 5) is 2.03. The summed E-state index contributed by atoms with van der Waals surface area (Å²) in [6.45, 7) is 3.20. The Morgan fingerprint density at radius 1 is 1.27 bits per heavy atom. The number of pyridine rings is 1. The SMILES string of the molecule is CNC(=S)N(Cc1ccco1)Cc1cc2cc(C)ccc2n2nnnc12. The summed E-state index contributed by atoms with van der Waals surface area (Å²) in [7, 11) is 1.81. The van der Waals surface area contributed by atoms with Gasteiger partial charge in [-0.15, -0.1) is 5.10 Å². The molecule has 0 radical (unpaired) electrons. The largest absolute Gasteiger partial charge is 0.467 e. The lowest BCUT2D eigenvalue weighted by Gasteiger charge is -2.24. The normalized spacial score (nSPS) is 11.2. The number of tetrazole rings is 1. The number of fused-ring (bicyclic) bond motifs is 3. The van der Waals surface area contributed by atoms with Crippen LogP contribution in [0.3, 0.4) is 0 Å². The number of hydrogen-bond donors (Lipinski definition) is 1. The van der Waals surface area contributed by atoms with Crippen molar-refractivity contribution in [1.29, 1.82) is 0 Å². The molecule has 0 aliphatic heterocycles. The van der Waals surface area contributed by atoms with E-state index in [9.17, 15) is 0 Å². The molecule has 26 heavy (non-hydrogen) atoms. The first-order chi connectivity index (χ1) is 12.7. The minimum atomic E-state index is 0.562. The summed E-state index contributed by atoms with van der Waals surface area (Å²) in [5.74, 6) is 0.842. The zero-order valence-electron chi connectivity index (χ0n) is 14.5. The Balaban J connectivity index is 1.78. The second-order valence-corrected chi connectivity index (χ2v) is 6.52. The van der Waals surface area contributed by atoms with E-state index in [0.29, 0.717) is 18.2 Å². The molecule has 0 aliphatic rings. The predicted octanol–water partition coefficient (Wildman–Crippen LogP) is 2.69. The van der Waals surface area contributed by atoms with Crippen molar-refractivity contribution in [2.45, 2.75) is 20.0 Å². The average Bonchev–Trinajstić information content (AvgIpc) is 3.32. The Morgan fingerprint density at radius 3 is 2.92 bits per heavy atom. The molecule has 0 bridgehead atoms. The van der Waals surface area contributed by atoms with Crippen LogP contribution in [-0.4, -0.2) is 37.1 Å². The fourth-order valence-corrected chi connectivity index (χ4v) is 3.18. The molecule has 7 nitrogen and oxygen atoms in total. The highest BCUT2D eigenvalue weighted by Crippen LogP contribution is 2.22. The van der Waals surface area contributed by atoms with Gasteiger partial charge in [-0.2, -0.15) is 4.52 Å². The smallest absolute Gasteiger partial charge is 0.184 e. The molecular formula is C18H18N6OS. The first-order valence-electron chi connectivity index (χ1n) is 8.25. The van der Waals surface area contributed by atoms with Gasteiger partial charge in [0.2, 0.25) is 0 Å². The molecule has 132 valence electrons. The van der Waals surface area contributed by atoms with Gasteiger partial charge in [0.15, 0.2) is 10.8 Å². The average molecular weight is 366 g/mol. The third kappa shape index (κ3) is 2.99. The number of rotatable bonds is 4. The monoisotopic (exact) mass is 366 g/mol. The number of furan rings is 1. The van der Waals surface area contributed by atoms with Gasteiger partial charge in [0, 0.05) is 24.5 Å². The third-order valence-corrected chi connectivity index (χ3v) is 4.75. The van der Waals surface area contributed by atoms with Crippen molar-refractivity contribution in [1.82, 2.24) is 30.3 Å². The molecule has 0 atom stereocenters. The third-order valence-electron chi connectivity index (χ3n) is 4.29. The van der Waals surface area contributed by atoms with Crippen LogP contribution >= 0.6 is 12.2 Å². The first-order valence-corrected chi connectivity index (χ1v) is 8.66. The summed E-state index contributed by atoms with van der Waals surface area (Å²) in [6, 6.07) is 12.2. The summed E-state index contributed by atoms with van der Waals surface area (Å²) < 4.78 is 7.26. The molecule has 0 saturated heterocycles. The van der Waals surface area contributed by atoms with Crippen molar-refractivity contribution in [3.05, 3.63) is 59.5 Å². The standard InChI is InChI=1S/C18H18N6OS/c1-12-5-6-16-13(8-12)9-14(17-20-21-22-24(16)17)10-23(18(26)19-2)11-15-4-3-7-25-15/h3-9H,10-11H2,1-2H3,(H,19,26). The quantitative estimate of drug-likeness (QED) is 0.557. The Kier molecular flexibility index (Phi) is 4.26. The lowest BCUT2D eigenvalue weighted by atomic mass is 10.1. The van der Waals surface area contributed by atoms with Crippen LogP contribution in [0, 0.1) is 6.92 Å². The highest BCUT2D eigenvalue weighted by molar-refractivity contribution is 7.80. The van der Waals surface area contributed by atoms with Crippen LogP contribution < -0.4 is 5.32 Å². The minimum Gasteiger partial charge on any atom is -0.467 e. The van der Waals surface area contributed by atoms with E-state index in [0.717, 1.165) is 27.9 Å². The number of aryl methyl sites for hydroxylation is 1. The van der Waals surface area contributed by atoms with Gasteiger partial charge in [0.05, 0.1) is 18.3 Å². The van der Waals surface area contributed by atoms with E-state index in [4.69, 9.17) is 16.6 Å². The Hall–Kier alpha value is -3.00. The Bertz CT molecular complexity index is 1070. The van der Waals surface area contributed by atoms with E-state index in [2.05, 4.69) is 46.0 Å². The van der Waals surface area contributed by atoms with Crippen molar-refractivity contribution < 1.29 is 4.42 Å². The number of thiocarbonyl (C=S) groups is 1. The molecule has 0 unspecified atom stereocenters. The second-order valence-electron chi connectivity index (χ2n) is 6.14. The maximum Gasteiger partial charge on any atom is 0.184 e. The van der Waals surface area contributed by atoms with Gasteiger partial charge in [-0.1, -0.05) is 11.6 Å². The van der Waals surface area contributed by atoms with Crippen molar-refractivity contribution in [3.8, 4) is 0 Å². The van der Waals surface area contributed by atoms with E-state index >= 15 is 0 Å². The zero-order chi connectivity index (χ0) is 18.1. The van der Waals surface area contributed by atoms with Crippen LogP contribution in [0.1, 0.15) is 16.9 Å². The molecule has 4 rings (SSSR count). The Morgan fingerprint density at radius 2 is 2.15 bits per heavy atom. The van der Waals surface area contributed by atoms with Crippen LogP contribution in [-0.2, 0) is 13.1 Å². The molecular weight excluding hydrogens is 348 g/mol. The molecule has 4 aromatic rings. The van der Waals surface area contributed by atoms with Crippen LogP contribution in [0.25, 0.3) is 16.6 Å². The number of benzene rings is 1. The van der Waals surface area contributed by atoms with Gasteiger partial charge < -0.3 is 14.6 Å². The van der Waals surface area contributed by atoms with Crippen molar-refractivity contribution in [3.63, 3.8) is 0 Å². The van der Waals surface area contributed by atoms with Crippen LogP contribution in [0.4, 0.5) is 0 Å². The summed E-state index contributed by atoms with van der Waals surface area (Å²) in [5.41, 5.74) is 3.89. The fraction of sp³-hybridized carbons (Fsp3) is 0.222. The predicted molar refractivity (Wildman–Crippen MR) is 103 cm³/mol. The van der Waals surface area contributed by atoms with E-state index in [-0.39, 0.29) is 0 Å². The topological polar surface area (TPSA) is 71.5 Å². The summed E-state index contributed by atoms with van der Waals surface area (Å²) in [6.07, 6.45) is 1.66. The molecule has 0 aliphatic carbocycles. The van der Waals surface area contributed by atoms with Gasteiger partial charge in [-0.05, 0) is 59.9 Å². The van der Waals surface area contributed by atoms with Gasteiger partial charge in [-0.25, -0.2) is 0 Å². The first kappa shape index (κ1) is 16.5. The van der Waals surface area contributed by atoms with Crippen molar-refractivity contribution in [2.75, 3.05) is 7.05 Å². The molecule has 8 heteroatoms. The summed E-state index contributed by atoms with van der Waals surface area (Å²) >= 11 is 5.48. The van der Waals surface area contributed by atoms with Gasteiger partial charge >= 0.3 is 0 Å². The minimum absolute atomic E-state index is 0.562. The lowest BCUT2D eigenvalue weighted by Crippen LogP contribution is -2.36. The van der Waals surface area contributed by atoms with Crippen LogP contribution in [0.2, 0.25) is 0 Å². The molecule has 0 saturated carbocycles. The molecule has 3 aromatic heterocycles. The molecule has 3 heterocycles. The van der Waals surface area contributed by atoms with Crippen LogP contribution in [0.5, 0.6) is 0 Å². The maximum atomic E-state index is 5.48. The van der Waals surface area contributed by atoms with Gasteiger partial charge in [0.1, 0.15) is 5.76 Å². The maximum absolute atomic E-state index is 5.48. The van der Waals surface area contributed by atoms with Gasteiger partial charge in [-0.3, -0.25) is 0 Å². The molecule has 0 fully saturated rings. The van der Waals surface area contributed by atoms with E-state index < -0.39 is 0 Å². The highest BCUT2D eigenvalue weighted by Gasteiger charge is 2.16. The number of hydrogen-bond acceptors (Lipinski definition) is 5. The van der Waals surface area contributed by atoms with E-state index in [1.165, 1.54) is 5.56 Å². The number of aromatic nitrogens is 4.